The number of nitrogen functional groups attached to an aromatic ring is 1. The number of amides is 1. The fraction of sp³-hybridized carbons (Fsp3) is 0.0909. The summed E-state index contributed by atoms with van der Waals surface area (Å²) in [7, 11) is 0. The van der Waals surface area contributed by atoms with Crippen LogP contribution in [0.1, 0.15) is 16.1 Å². The summed E-state index contributed by atoms with van der Waals surface area (Å²) in [5.41, 5.74) is 13.3. The van der Waals surface area contributed by atoms with E-state index in [9.17, 15) is 4.79 Å². The number of aryl methyl sites for hydroxylation is 1. The zero-order valence-electron chi connectivity index (χ0n) is 9.23. The molecule has 0 spiro atoms. The monoisotopic (exact) mass is 248 g/mol. The zero-order valence-corrected chi connectivity index (χ0v) is 10.0. The smallest absolute Gasteiger partial charge is 0.250 e. The van der Waals surface area contributed by atoms with Crippen molar-refractivity contribution in [3.05, 3.63) is 34.8 Å². The van der Waals surface area contributed by atoms with Gasteiger partial charge in [-0.15, -0.1) is 11.3 Å². The van der Waals surface area contributed by atoms with Crippen molar-refractivity contribution in [1.29, 1.82) is 0 Å². The fourth-order valence-electron chi connectivity index (χ4n) is 1.42. The minimum Gasteiger partial charge on any atom is -0.396 e. The lowest BCUT2D eigenvalue weighted by Crippen LogP contribution is -2.14. The van der Waals surface area contributed by atoms with E-state index < -0.39 is 5.91 Å². The van der Waals surface area contributed by atoms with Gasteiger partial charge in [0.15, 0.2) is 5.13 Å². The van der Waals surface area contributed by atoms with E-state index in [1.807, 2.05) is 12.3 Å². The molecule has 0 unspecified atom stereocenters. The molecular formula is C11H12N4OS. The van der Waals surface area contributed by atoms with Gasteiger partial charge in [-0.05, 0) is 19.1 Å². The van der Waals surface area contributed by atoms with Crippen molar-refractivity contribution in [2.75, 3.05) is 11.1 Å². The summed E-state index contributed by atoms with van der Waals surface area (Å²) in [6.07, 6.45) is 0. The molecule has 0 aliphatic rings. The number of rotatable bonds is 3. The van der Waals surface area contributed by atoms with Crippen LogP contribution < -0.4 is 16.8 Å². The first-order valence-electron chi connectivity index (χ1n) is 4.95. The van der Waals surface area contributed by atoms with Gasteiger partial charge in [0.05, 0.1) is 22.6 Å². The van der Waals surface area contributed by atoms with Crippen LogP contribution in [0.4, 0.5) is 16.5 Å². The lowest BCUT2D eigenvalue weighted by atomic mass is 10.1. The van der Waals surface area contributed by atoms with Crippen molar-refractivity contribution < 1.29 is 4.79 Å². The maximum atomic E-state index is 11.1. The Morgan fingerprint density at radius 1 is 1.47 bits per heavy atom. The van der Waals surface area contributed by atoms with Gasteiger partial charge in [0.2, 0.25) is 0 Å². The molecule has 0 aliphatic carbocycles. The molecule has 1 aromatic carbocycles. The molecule has 5 N–H and O–H groups in total. The van der Waals surface area contributed by atoms with Gasteiger partial charge in [-0.2, -0.15) is 0 Å². The van der Waals surface area contributed by atoms with Gasteiger partial charge >= 0.3 is 0 Å². The van der Waals surface area contributed by atoms with Gasteiger partial charge in [-0.25, -0.2) is 4.98 Å². The van der Waals surface area contributed by atoms with Gasteiger partial charge < -0.3 is 16.8 Å². The summed E-state index contributed by atoms with van der Waals surface area (Å²) in [6.45, 7) is 1.91. The molecule has 0 fully saturated rings. The molecule has 2 rings (SSSR count). The van der Waals surface area contributed by atoms with E-state index >= 15 is 0 Å². The highest BCUT2D eigenvalue weighted by atomic mass is 32.1. The topological polar surface area (TPSA) is 94.0 Å². The number of nitrogens with zero attached hydrogens (tertiary/aromatic N) is 1. The van der Waals surface area contributed by atoms with Crippen molar-refractivity contribution in [3.8, 4) is 0 Å². The normalized spacial score (nSPS) is 10.2. The van der Waals surface area contributed by atoms with Crippen LogP contribution in [-0.2, 0) is 0 Å². The van der Waals surface area contributed by atoms with Crippen molar-refractivity contribution in [2.45, 2.75) is 6.92 Å². The minimum absolute atomic E-state index is 0.309. The maximum Gasteiger partial charge on any atom is 0.250 e. The minimum atomic E-state index is -0.540. The second-order valence-corrected chi connectivity index (χ2v) is 4.41. The van der Waals surface area contributed by atoms with Gasteiger partial charge in [0, 0.05) is 5.38 Å². The SMILES string of the molecule is Cc1csc(Nc2cccc(C(N)=O)c2N)n1. The van der Waals surface area contributed by atoms with Gasteiger partial charge in [0.1, 0.15) is 0 Å². The van der Waals surface area contributed by atoms with Crippen LogP contribution in [-0.4, -0.2) is 10.9 Å². The van der Waals surface area contributed by atoms with E-state index in [1.54, 1.807) is 18.2 Å². The predicted molar refractivity (Wildman–Crippen MR) is 69.5 cm³/mol. The van der Waals surface area contributed by atoms with Crippen LogP contribution in [0.15, 0.2) is 23.6 Å². The third-order valence-corrected chi connectivity index (χ3v) is 3.11. The maximum absolute atomic E-state index is 11.1. The van der Waals surface area contributed by atoms with E-state index in [4.69, 9.17) is 11.5 Å². The Hall–Kier alpha value is -2.08. The third kappa shape index (κ3) is 2.36. The molecule has 0 saturated heterocycles. The molecular weight excluding hydrogens is 236 g/mol. The quantitative estimate of drug-likeness (QED) is 0.723. The molecule has 0 atom stereocenters. The van der Waals surface area contributed by atoms with Crippen LogP contribution >= 0.6 is 11.3 Å². The number of anilines is 3. The van der Waals surface area contributed by atoms with Gasteiger partial charge in [-0.3, -0.25) is 4.79 Å². The number of carbonyl (C=O) groups excluding carboxylic acids is 1. The molecule has 0 bridgehead atoms. The van der Waals surface area contributed by atoms with Gasteiger partial charge in [-0.1, -0.05) is 6.07 Å². The number of nitrogens with one attached hydrogen (secondary N) is 1. The Morgan fingerprint density at radius 3 is 2.82 bits per heavy atom. The van der Waals surface area contributed by atoms with Crippen molar-refractivity contribution in [3.63, 3.8) is 0 Å². The molecule has 17 heavy (non-hydrogen) atoms. The Bertz CT molecular complexity index is 564. The molecule has 0 radical (unpaired) electrons. The number of nitrogens with two attached hydrogens (primary N) is 2. The fourth-order valence-corrected chi connectivity index (χ4v) is 2.12. The van der Waals surface area contributed by atoms with E-state index in [1.165, 1.54) is 11.3 Å². The number of carbonyl (C=O) groups is 1. The highest BCUT2D eigenvalue weighted by Crippen LogP contribution is 2.27. The van der Waals surface area contributed by atoms with Crippen molar-refractivity contribution in [2.24, 2.45) is 5.73 Å². The van der Waals surface area contributed by atoms with Crippen molar-refractivity contribution in [1.82, 2.24) is 4.98 Å². The second kappa shape index (κ2) is 4.42. The highest BCUT2D eigenvalue weighted by molar-refractivity contribution is 7.13. The number of para-hydroxylation sites is 1. The lowest BCUT2D eigenvalue weighted by molar-refractivity contribution is 0.100. The summed E-state index contributed by atoms with van der Waals surface area (Å²) >= 11 is 1.47. The van der Waals surface area contributed by atoms with Crippen LogP contribution in [0.5, 0.6) is 0 Å². The largest absolute Gasteiger partial charge is 0.396 e. The Labute approximate surface area is 102 Å². The summed E-state index contributed by atoms with van der Waals surface area (Å²) in [4.78, 5) is 15.4. The Morgan fingerprint density at radius 2 is 2.24 bits per heavy atom. The Kier molecular flexibility index (Phi) is 2.97. The summed E-state index contributed by atoms with van der Waals surface area (Å²) in [5.74, 6) is -0.540. The summed E-state index contributed by atoms with van der Waals surface area (Å²) in [5, 5.41) is 5.72. The van der Waals surface area contributed by atoms with Crippen LogP contribution in [0.25, 0.3) is 0 Å². The molecule has 1 heterocycles. The molecule has 1 amide bonds. The lowest BCUT2D eigenvalue weighted by Gasteiger charge is -2.09. The van der Waals surface area contributed by atoms with E-state index in [0.717, 1.165) is 10.8 Å². The van der Waals surface area contributed by atoms with Crippen LogP contribution in [0, 0.1) is 6.92 Å². The number of primary amides is 1. The Balaban J connectivity index is 2.33. The standard InChI is InChI=1S/C11H12N4OS/c1-6-5-17-11(14-6)15-8-4-2-3-7(9(8)12)10(13)16/h2-5H,12H2,1H3,(H2,13,16)(H,14,15). The van der Waals surface area contributed by atoms with E-state index in [-0.39, 0.29) is 0 Å². The zero-order chi connectivity index (χ0) is 12.4. The number of hydrogen-bond acceptors (Lipinski definition) is 5. The average Bonchev–Trinajstić information content (AvgIpc) is 2.67. The molecule has 88 valence electrons. The van der Waals surface area contributed by atoms with E-state index in [2.05, 4.69) is 10.3 Å². The van der Waals surface area contributed by atoms with Crippen LogP contribution in [0.2, 0.25) is 0 Å². The number of benzene rings is 1. The summed E-state index contributed by atoms with van der Waals surface area (Å²) < 4.78 is 0. The molecule has 0 aliphatic heterocycles. The molecule has 1 aromatic heterocycles. The molecule has 6 heteroatoms. The van der Waals surface area contributed by atoms with Crippen LogP contribution in [0.3, 0.4) is 0 Å². The number of hydrogen-bond donors (Lipinski definition) is 3. The third-order valence-electron chi connectivity index (χ3n) is 2.23. The molecule has 2 aromatic rings. The number of aromatic nitrogens is 1. The highest BCUT2D eigenvalue weighted by Gasteiger charge is 2.10. The van der Waals surface area contributed by atoms with Gasteiger partial charge in [0.25, 0.3) is 5.91 Å². The number of thiazole rings is 1. The molecule has 0 saturated carbocycles. The predicted octanol–water partition coefficient (Wildman–Crippen LogP) is 1.88. The molecule has 5 nitrogen and oxygen atoms in total. The van der Waals surface area contributed by atoms with Crippen molar-refractivity contribution >= 4 is 33.8 Å². The first kappa shape index (κ1) is 11.4. The first-order valence-corrected chi connectivity index (χ1v) is 5.83. The average molecular weight is 248 g/mol. The first-order chi connectivity index (χ1) is 8.08. The summed E-state index contributed by atoms with van der Waals surface area (Å²) in [6, 6.07) is 5.09. The van der Waals surface area contributed by atoms with E-state index in [0.29, 0.717) is 16.9 Å². The second-order valence-electron chi connectivity index (χ2n) is 3.55.